The average molecular weight is 241 g/mol. The summed E-state index contributed by atoms with van der Waals surface area (Å²) in [7, 11) is 0. The minimum atomic E-state index is -0.156. The molecule has 0 aromatic heterocycles. The number of ether oxygens (including phenoxy) is 1. The SMILES string of the molecule is NC1COCC1C(=O)NCCN1CCCCC1. The first-order valence-electron chi connectivity index (χ1n) is 6.61. The summed E-state index contributed by atoms with van der Waals surface area (Å²) < 4.78 is 5.19. The summed E-state index contributed by atoms with van der Waals surface area (Å²) in [6, 6.07) is -0.134. The van der Waals surface area contributed by atoms with Gasteiger partial charge in [-0.1, -0.05) is 6.42 Å². The number of hydrogen-bond donors (Lipinski definition) is 2. The number of hydrogen-bond acceptors (Lipinski definition) is 4. The van der Waals surface area contributed by atoms with Gasteiger partial charge < -0.3 is 20.7 Å². The van der Waals surface area contributed by atoms with Crippen LogP contribution in [0.25, 0.3) is 0 Å². The summed E-state index contributed by atoms with van der Waals surface area (Å²) in [5.41, 5.74) is 5.80. The molecule has 2 rings (SSSR count). The monoisotopic (exact) mass is 241 g/mol. The van der Waals surface area contributed by atoms with Crippen molar-refractivity contribution in [2.45, 2.75) is 25.3 Å². The second-order valence-electron chi connectivity index (χ2n) is 5.00. The first-order valence-corrected chi connectivity index (χ1v) is 6.61. The van der Waals surface area contributed by atoms with Crippen molar-refractivity contribution in [2.24, 2.45) is 11.7 Å². The van der Waals surface area contributed by atoms with Gasteiger partial charge in [0.1, 0.15) is 0 Å². The zero-order chi connectivity index (χ0) is 12.1. The quantitative estimate of drug-likeness (QED) is 0.700. The van der Waals surface area contributed by atoms with Crippen LogP contribution in [0.5, 0.6) is 0 Å². The van der Waals surface area contributed by atoms with Gasteiger partial charge in [-0.2, -0.15) is 0 Å². The molecule has 0 saturated carbocycles. The Balaban J connectivity index is 1.62. The van der Waals surface area contributed by atoms with E-state index in [2.05, 4.69) is 10.2 Å². The van der Waals surface area contributed by atoms with Crippen molar-refractivity contribution < 1.29 is 9.53 Å². The number of piperidine rings is 1. The van der Waals surface area contributed by atoms with Crippen LogP contribution in [0.15, 0.2) is 0 Å². The highest BCUT2D eigenvalue weighted by Crippen LogP contribution is 2.11. The van der Waals surface area contributed by atoms with Crippen LogP contribution in [-0.2, 0) is 9.53 Å². The van der Waals surface area contributed by atoms with E-state index in [1.165, 1.54) is 32.4 Å². The molecular weight excluding hydrogens is 218 g/mol. The Morgan fingerprint density at radius 2 is 2.06 bits per heavy atom. The molecule has 0 aromatic rings. The molecule has 5 heteroatoms. The number of nitrogens with one attached hydrogen (secondary N) is 1. The van der Waals surface area contributed by atoms with Crippen LogP contribution in [0.3, 0.4) is 0 Å². The van der Waals surface area contributed by atoms with Crippen molar-refractivity contribution in [1.82, 2.24) is 10.2 Å². The van der Waals surface area contributed by atoms with E-state index in [-0.39, 0.29) is 17.9 Å². The summed E-state index contributed by atoms with van der Waals surface area (Å²) in [6.45, 7) is 4.99. The lowest BCUT2D eigenvalue weighted by atomic mass is 10.0. The molecule has 2 saturated heterocycles. The molecule has 2 aliphatic rings. The number of nitrogens with two attached hydrogens (primary N) is 1. The molecule has 2 unspecified atom stereocenters. The van der Waals surface area contributed by atoms with Crippen LogP contribution < -0.4 is 11.1 Å². The molecule has 5 nitrogen and oxygen atoms in total. The van der Waals surface area contributed by atoms with E-state index in [0.29, 0.717) is 13.2 Å². The van der Waals surface area contributed by atoms with Crippen LogP contribution in [-0.4, -0.2) is 56.2 Å². The Labute approximate surface area is 103 Å². The van der Waals surface area contributed by atoms with Crippen molar-refractivity contribution in [3.05, 3.63) is 0 Å². The van der Waals surface area contributed by atoms with E-state index in [1.54, 1.807) is 0 Å². The lowest BCUT2D eigenvalue weighted by molar-refractivity contribution is -0.125. The summed E-state index contributed by atoms with van der Waals surface area (Å²) in [5, 5.41) is 2.96. The maximum Gasteiger partial charge on any atom is 0.227 e. The van der Waals surface area contributed by atoms with Gasteiger partial charge in [-0.15, -0.1) is 0 Å². The van der Waals surface area contributed by atoms with E-state index in [0.717, 1.165) is 13.1 Å². The lowest BCUT2D eigenvalue weighted by Crippen LogP contribution is -2.44. The zero-order valence-corrected chi connectivity index (χ0v) is 10.4. The van der Waals surface area contributed by atoms with Crippen molar-refractivity contribution in [3.63, 3.8) is 0 Å². The Hall–Kier alpha value is -0.650. The molecule has 2 fully saturated rings. The van der Waals surface area contributed by atoms with Crippen LogP contribution in [0.2, 0.25) is 0 Å². The number of rotatable bonds is 4. The molecule has 0 aliphatic carbocycles. The standard InChI is InChI=1S/C12H23N3O2/c13-11-9-17-8-10(11)12(16)14-4-7-15-5-2-1-3-6-15/h10-11H,1-9,13H2,(H,14,16). The Morgan fingerprint density at radius 3 is 2.71 bits per heavy atom. The molecule has 0 radical (unpaired) electrons. The highest BCUT2D eigenvalue weighted by molar-refractivity contribution is 5.79. The summed E-state index contributed by atoms with van der Waals surface area (Å²) in [6.07, 6.45) is 3.92. The fourth-order valence-corrected chi connectivity index (χ4v) is 2.49. The van der Waals surface area contributed by atoms with Gasteiger partial charge in [0.15, 0.2) is 0 Å². The highest BCUT2D eigenvalue weighted by Gasteiger charge is 2.30. The van der Waals surface area contributed by atoms with Gasteiger partial charge in [-0.05, 0) is 25.9 Å². The van der Waals surface area contributed by atoms with Gasteiger partial charge in [-0.3, -0.25) is 4.79 Å². The van der Waals surface area contributed by atoms with Crippen molar-refractivity contribution in [3.8, 4) is 0 Å². The smallest absolute Gasteiger partial charge is 0.227 e. The highest BCUT2D eigenvalue weighted by atomic mass is 16.5. The van der Waals surface area contributed by atoms with Gasteiger partial charge in [-0.25, -0.2) is 0 Å². The van der Waals surface area contributed by atoms with E-state index < -0.39 is 0 Å². The minimum Gasteiger partial charge on any atom is -0.379 e. The molecule has 3 N–H and O–H groups in total. The molecule has 0 aromatic carbocycles. The minimum absolute atomic E-state index is 0.0482. The van der Waals surface area contributed by atoms with E-state index in [9.17, 15) is 4.79 Å². The van der Waals surface area contributed by atoms with Gasteiger partial charge >= 0.3 is 0 Å². The van der Waals surface area contributed by atoms with E-state index >= 15 is 0 Å². The molecule has 17 heavy (non-hydrogen) atoms. The van der Waals surface area contributed by atoms with Crippen molar-refractivity contribution in [1.29, 1.82) is 0 Å². The summed E-state index contributed by atoms with van der Waals surface area (Å²) >= 11 is 0. The van der Waals surface area contributed by atoms with Crippen molar-refractivity contribution >= 4 is 5.91 Å². The van der Waals surface area contributed by atoms with Crippen LogP contribution in [0, 0.1) is 5.92 Å². The Bertz CT molecular complexity index is 254. The predicted molar refractivity (Wildman–Crippen MR) is 65.6 cm³/mol. The summed E-state index contributed by atoms with van der Waals surface area (Å²) in [5.74, 6) is -0.108. The third-order valence-electron chi connectivity index (χ3n) is 3.64. The predicted octanol–water partition coefficient (Wildman–Crippen LogP) is -0.438. The number of carbonyl (C=O) groups excluding carboxylic acids is 1. The first kappa shape index (κ1) is 12.8. The normalized spacial score (nSPS) is 30.4. The number of carbonyl (C=O) groups is 1. The van der Waals surface area contributed by atoms with Gasteiger partial charge in [0.2, 0.25) is 5.91 Å². The molecule has 0 bridgehead atoms. The number of amides is 1. The largest absolute Gasteiger partial charge is 0.379 e. The average Bonchev–Trinajstić information content (AvgIpc) is 2.77. The molecule has 98 valence electrons. The van der Waals surface area contributed by atoms with Gasteiger partial charge in [0, 0.05) is 19.1 Å². The first-order chi connectivity index (χ1) is 8.27. The van der Waals surface area contributed by atoms with E-state index in [1.807, 2.05) is 0 Å². The number of likely N-dealkylation sites (tertiary alicyclic amines) is 1. The van der Waals surface area contributed by atoms with E-state index in [4.69, 9.17) is 10.5 Å². The molecule has 1 amide bonds. The Kier molecular flexibility index (Phi) is 4.76. The van der Waals surface area contributed by atoms with Crippen LogP contribution in [0.1, 0.15) is 19.3 Å². The molecule has 0 spiro atoms. The number of nitrogens with zero attached hydrogens (tertiary/aromatic N) is 1. The summed E-state index contributed by atoms with van der Waals surface area (Å²) in [4.78, 5) is 14.2. The second kappa shape index (κ2) is 6.33. The molecule has 2 atom stereocenters. The fraction of sp³-hybridized carbons (Fsp3) is 0.917. The zero-order valence-electron chi connectivity index (χ0n) is 10.4. The molecule has 2 aliphatic heterocycles. The topological polar surface area (TPSA) is 67.6 Å². The second-order valence-corrected chi connectivity index (χ2v) is 5.00. The lowest BCUT2D eigenvalue weighted by Gasteiger charge is -2.26. The van der Waals surface area contributed by atoms with Gasteiger partial charge in [0.05, 0.1) is 19.1 Å². The van der Waals surface area contributed by atoms with Crippen molar-refractivity contribution in [2.75, 3.05) is 39.4 Å². The fourth-order valence-electron chi connectivity index (χ4n) is 2.49. The maximum atomic E-state index is 11.8. The maximum absolute atomic E-state index is 11.8. The molecular formula is C12H23N3O2. The van der Waals surface area contributed by atoms with Crippen LogP contribution >= 0.6 is 0 Å². The molecule has 2 heterocycles. The third kappa shape index (κ3) is 3.66. The van der Waals surface area contributed by atoms with Crippen LogP contribution in [0.4, 0.5) is 0 Å². The Morgan fingerprint density at radius 1 is 1.29 bits per heavy atom. The van der Waals surface area contributed by atoms with Gasteiger partial charge in [0.25, 0.3) is 0 Å². The third-order valence-corrected chi connectivity index (χ3v) is 3.64.